The van der Waals surface area contributed by atoms with Crippen LogP contribution in [0.2, 0.25) is 0 Å². The highest BCUT2D eigenvalue weighted by molar-refractivity contribution is 6.35. The Hall–Kier alpha value is -1.88. The van der Waals surface area contributed by atoms with Crippen molar-refractivity contribution >= 4 is 11.8 Å². The number of carbonyl (C=O) groups excluding carboxylic acids is 2. The van der Waals surface area contributed by atoms with Gasteiger partial charge in [-0.25, -0.2) is 0 Å². The van der Waals surface area contributed by atoms with Gasteiger partial charge in [0.05, 0.1) is 6.10 Å². The lowest BCUT2D eigenvalue weighted by Crippen LogP contribution is -2.46. The van der Waals surface area contributed by atoms with Crippen LogP contribution in [0.1, 0.15) is 24.0 Å². The molecule has 2 aliphatic rings. The lowest BCUT2D eigenvalue weighted by molar-refractivity contribution is -0.146. The number of carbonyl (C=O) groups is 2. The third kappa shape index (κ3) is 3.24. The summed E-state index contributed by atoms with van der Waals surface area (Å²) < 4.78 is 5.44. The Kier molecular flexibility index (Phi) is 4.20. The molecule has 112 valence electrons. The van der Waals surface area contributed by atoms with Gasteiger partial charge in [0.2, 0.25) is 0 Å². The fourth-order valence-corrected chi connectivity index (χ4v) is 2.90. The normalized spacial score (nSPS) is 21.0. The van der Waals surface area contributed by atoms with Crippen molar-refractivity contribution in [2.75, 3.05) is 19.7 Å². The fraction of sp³-hybridized carbons (Fsp3) is 0.500. The van der Waals surface area contributed by atoms with Crippen LogP contribution in [0.5, 0.6) is 0 Å². The summed E-state index contributed by atoms with van der Waals surface area (Å²) in [5.41, 5.74) is 2.39. The first-order chi connectivity index (χ1) is 10.2. The predicted octanol–water partition coefficient (Wildman–Crippen LogP) is 0.866. The number of nitrogens with zero attached hydrogens (tertiary/aromatic N) is 1. The lowest BCUT2D eigenvalue weighted by atomic mass is 10.00. The quantitative estimate of drug-likeness (QED) is 0.821. The van der Waals surface area contributed by atoms with E-state index in [1.165, 1.54) is 5.56 Å². The molecule has 1 aromatic rings. The largest absolute Gasteiger partial charge is 0.376 e. The zero-order valence-electron chi connectivity index (χ0n) is 12.0. The monoisotopic (exact) mass is 288 g/mol. The highest BCUT2D eigenvalue weighted by Gasteiger charge is 2.26. The first-order valence-corrected chi connectivity index (χ1v) is 7.49. The molecule has 1 unspecified atom stereocenters. The Morgan fingerprint density at radius 2 is 2.10 bits per heavy atom. The number of fused-ring (bicyclic) bond motifs is 1. The summed E-state index contributed by atoms with van der Waals surface area (Å²) in [4.78, 5) is 25.8. The molecule has 1 aromatic carbocycles. The van der Waals surface area contributed by atoms with E-state index in [0.29, 0.717) is 19.6 Å². The molecule has 1 saturated heterocycles. The third-order valence-corrected chi connectivity index (χ3v) is 4.13. The van der Waals surface area contributed by atoms with E-state index >= 15 is 0 Å². The Labute approximate surface area is 124 Å². The van der Waals surface area contributed by atoms with Crippen molar-refractivity contribution in [2.45, 2.75) is 31.9 Å². The first-order valence-electron chi connectivity index (χ1n) is 7.49. The van der Waals surface area contributed by atoms with Crippen LogP contribution in [0, 0.1) is 0 Å². The third-order valence-electron chi connectivity index (χ3n) is 4.13. The number of benzene rings is 1. The zero-order valence-corrected chi connectivity index (χ0v) is 12.0. The number of amides is 2. The second kappa shape index (κ2) is 6.26. The van der Waals surface area contributed by atoms with Crippen LogP contribution in [-0.4, -0.2) is 42.5 Å². The van der Waals surface area contributed by atoms with E-state index in [0.717, 1.165) is 31.4 Å². The summed E-state index contributed by atoms with van der Waals surface area (Å²) >= 11 is 0. The van der Waals surface area contributed by atoms with Gasteiger partial charge >= 0.3 is 11.8 Å². The number of rotatable bonds is 2. The average Bonchev–Trinajstić information content (AvgIpc) is 3.05. The number of nitrogens with one attached hydrogen (secondary N) is 1. The van der Waals surface area contributed by atoms with Gasteiger partial charge < -0.3 is 15.0 Å². The summed E-state index contributed by atoms with van der Waals surface area (Å²) in [5, 5.41) is 2.69. The van der Waals surface area contributed by atoms with Crippen LogP contribution in [0.4, 0.5) is 0 Å². The molecule has 2 heterocycles. The second-order valence-corrected chi connectivity index (χ2v) is 5.59. The van der Waals surface area contributed by atoms with Crippen LogP contribution < -0.4 is 5.32 Å². The molecule has 1 N–H and O–H groups in total. The molecule has 21 heavy (non-hydrogen) atoms. The molecule has 0 aromatic heterocycles. The minimum Gasteiger partial charge on any atom is -0.376 e. The molecule has 0 bridgehead atoms. The maximum atomic E-state index is 12.2. The molecule has 0 aliphatic carbocycles. The van der Waals surface area contributed by atoms with E-state index in [1.807, 2.05) is 18.2 Å². The number of hydrogen-bond donors (Lipinski definition) is 1. The van der Waals surface area contributed by atoms with Crippen LogP contribution in [-0.2, 0) is 27.3 Å². The van der Waals surface area contributed by atoms with E-state index in [-0.39, 0.29) is 6.10 Å². The molecule has 3 rings (SSSR count). The van der Waals surface area contributed by atoms with E-state index in [9.17, 15) is 9.59 Å². The second-order valence-electron chi connectivity index (χ2n) is 5.59. The highest BCUT2D eigenvalue weighted by atomic mass is 16.5. The van der Waals surface area contributed by atoms with Crippen molar-refractivity contribution in [3.05, 3.63) is 35.4 Å². The van der Waals surface area contributed by atoms with Gasteiger partial charge in [0.25, 0.3) is 0 Å². The Balaban J connectivity index is 1.54. The van der Waals surface area contributed by atoms with E-state index in [1.54, 1.807) is 4.90 Å². The standard InChI is InChI=1S/C16H20N2O3/c19-15(17-10-14-6-3-9-21-14)16(20)18-8-7-12-4-1-2-5-13(12)11-18/h1-2,4-5,14H,3,6-11H2,(H,17,19). The first kappa shape index (κ1) is 14.1. The van der Waals surface area contributed by atoms with Crippen molar-refractivity contribution in [3.63, 3.8) is 0 Å². The fourth-order valence-electron chi connectivity index (χ4n) is 2.90. The van der Waals surface area contributed by atoms with Gasteiger partial charge in [-0.1, -0.05) is 24.3 Å². The van der Waals surface area contributed by atoms with Crippen molar-refractivity contribution in [1.82, 2.24) is 10.2 Å². The molecule has 1 fully saturated rings. The van der Waals surface area contributed by atoms with Gasteiger partial charge in [0.1, 0.15) is 0 Å². The molecular formula is C16H20N2O3. The smallest absolute Gasteiger partial charge is 0.312 e. The Morgan fingerprint density at radius 1 is 1.29 bits per heavy atom. The minimum atomic E-state index is -0.523. The Morgan fingerprint density at radius 3 is 2.86 bits per heavy atom. The molecule has 2 aliphatic heterocycles. The van der Waals surface area contributed by atoms with Crippen molar-refractivity contribution in [2.24, 2.45) is 0 Å². The highest BCUT2D eigenvalue weighted by Crippen LogP contribution is 2.18. The summed E-state index contributed by atoms with van der Waals surface area (Å²) in [6, 6.07) is 8.06. The van der Waals surface area contributed by atoms with E-state index in [4.69, 9.17) is 4.74 Å². The van der Waals surface area contributed by atoms with E-state index < -0.39 is 11.8 Å². The van der Waals surface area contributed by atoms with Crippen molar-refractivity contribution in [3.8, 4) is 0 Å². The predicted molar refractivity (Wildman–Crippen MR) is 77.5 cm³/mol. The van der Waals surface area contributed by atoms with Crippen LogP contribution in [0.25, 0.3) is 0 Å². The molecule has 2 amide bonds. The van der Waals surface area contributed by atoms with Crippen molar-refractivity contribution < 1.29 is 14.3 Å². The van der Waals surface area contributed by atoms with Gasteiger partial charge in [-0.05, 0) is 30.4 Å². The van der Waals surface area contributed by atoms with E-state index in [2.05, 4.69) is 11.4 Å². The topological polar surface area (TPSA) is 58.6 Å². The SMILES string of the molecule is O=C(NCC1CCCO1)C(=O)N1CCc2ccccc2C1. The van der Waals surface area contributed by atoms with Crippen molar-refractivity contribution in [1.29, 1.82) is 0 Å². The summed E-state index contributed by atoms with van der Waals surface area (Å²) in [6.07, 6.45) is 2.84. The molecule has 5 heteroatoms. The number of hydrogen-bond acceptors (Lipinski definition) is 3. The molecule has 0 spiro atoms. The lowest BCUT2D eigenvalue weighted by Gasteiger charge is -2.28. The number of ether oxygens (including phenoxy) is 1. The molecule has 0 saturated carbocycles. The molecule has 0 radical (unpaired) electrons. The van der Waals surface area contributed by atoms with Gasteiger partial charge in [-0.3, -0.25) is 9.59 Å². The summed E-state index contributed by atoms with van der Waals surface area (Å²) in [7, 11) is 0. The molecular weight excluding hydrogens is 268 g/mol. The zero-order chi connectivity index (χ0) is 14.7. The minimum absolute atomic E-state index is 0.0591. The van der Waals surface area contributed by atoms with Crippen LogP contribution in [0.15, 0.2) is 24.3 Å². The average molecular weight is 288 g/mol. The molecule has 1 atom stereocenters. The van der Waals surface area contributed by atoms with Gasteiger partial charge in [0, 0.05) is 26.2 Å². The van der Waals surface area contributed by atoms with Gasteiger partial charge in [0.15, 0.2) is 0 Å². The van der Waals surface area contributed by atoms with Crippen LogP contribution in [0.3, 0.4) is 0 Å². The maximum absolute atomic E-state index is 12.2. The summed E-state index contributed by atoms with van der Waals surface area (Å²) in [6.45, 7) is 2.29. The van der Waals surface area contributed by atoms with Crippen LogP contribution >= 0.6 is 0 Å². The molecule has 5 nitrogen and oxygen atoms in total. The van der Waals surface area contributed by atoms with Gasteiger partial charge in [-0.15, -0.1) is 0 Å². The van der Waals surface area contributed by atoms with Gasteiger partial charge in [-0.2, -0.15) is 0 Å². The summed E-state index contributed by atoms with van der Waals surface area (Å²) in [5.74, 6) is -0.965. The Bertz CT molecular complexity index is 538. The maximum Gasteiger partial charge on any atom is 0.312 e.